The third-order valence-corrected chi connectivity index (χ3v) is 4.83. The van der Waals surface area contributed by atoms with Crippen LogP contribution in [0.2, 0.25) is 0 Å². The summed E-state index contributed by atoms with van der Waals surface area (Å²) in [6.07, 6.45) is 5.65. The molecule has 0 aliphatic heterocycles. The van der Waals surface area contributed by atoms with E-state index in [9.17, 15) is 4.79 Å². The van der Waals surface area contributed by atoms with Crippen molar-refractivity contribution < 1.29 is 4.79 Å². The molecule has 0 saturated carbocycles. The Morgan fingerprint density at radius 3 is 2.92 bits per heavy atom. The lowest BCUT2D eigenvalue weighted by Gasteiger charge is -2.06. The maximum Gasteiger partial charge on any atom is 0.241 e. The topological polar surface area (TPSA) is 62.7 Å². The fourth-order valence-corrected chi connectivity index (χ4v) is 3.46. The van der Waals surface area contributed by atoms with Gasteiger partial charge < -0.3 is 10.3 Å². The molecule has 0 atom stereocenters. The molecule has 5 heteroatoms. The summed E-state index contributed by atoms with van der Waals surface area (Å²) < 4.78 is 1.74. The molecule has 132 valence electrons. The van der Waals surface area contributed by atoms with Crippen LogP contribution in [-0.4, -0.2) is 27.2 Å². The van der Waals surface area contributed by atoms with E-state index in [-0.39, 0.29) is 12.5 Å². The SMILES string of the molecule is CCc1cccc2c(CCNC(=O)Cn3ncc4ccccc43)c[nH]c12. The van der Waals surface area contributed by atoms with Crippen molar-refractivity contribution in [2.45, 2.75) is 26.3 Å². The van der Waals surface area contributed by atoms with Gasteiger partial charge in [0.15, 0.2) is 0 Å². The summed E-state index contributed by atoms with van der Waals surface area (Å²) in [4.78, 5) is 15.6. The van der Waals surface area contributed by atoms with Crippen LogP contribution in [-0.2, 0) is 24.2 Å². The number of aromatic nitrogens is 3. The number of fused-ring (bicyclic) bond motifs is 2. The highest BCUT2D eigenvalue weighted by molar-refractivity contribution is 5.86. The largest absolute Gasteiger partial charge is 0.361 e. The number of nitrogens with one attached hydrogen (secondary N) is 2. The molecular formula is C21H22N4O. The first-order valence-corrected chi connectivity index (χ1v) is 9.01. The number of para-hydroxylation sites is 2. The van der Waals surface area contributed by atoms with Gasteiger partial charge in [0.2, 0.25) is 5.91 Å². The predicted molar refractivity (Wildman–Crippen MR) is 104 cm³/mol. The van der Waals surface area contributed by atoms with Crippen LogP contribution in [0.15, 0.2) is 54.9 Å². The van der Waals surface area contributed by atoms with Crippen LogP contribution in [0.25, 0.3) is 21.8 Å². The Bertz CT molecular complexity index is 1060. The molecule has 1 amide bonds. The van der Waals surface area contributed by atoms with Gasteiger partial charge in [-0.3, -0.25) is 9.48 Å². The van der Waals surface area contributed by atoms with Crippen LogP contribution in [0, 0.1) is 0 Å². The van der Waals surface area contributed by atoms with E-state index in [1.54, 1.807) is 10.9 Å². The van der Waals surface area contributed by atoms with Crippen molar-refractivity contribution in [3.63, 3.8) is 0 Å². The average Bonchev–Trinajstić information content (AvgIpc) is 3.26. The number of amides is 1. The maximum atomic E-state index is 12.3. The van der Waals surface area contributed by atoms with Crippen LogP contribution in [0.1, 0.15) is 18.1 Å². The summed E-state index contributed by atoms with van der Waals surface area (Å²) in [6, 6.07) is 14.3. The first-order chi connectivity index (χ1) is 12.8. The van der Waals surface area contributed by atoms with Crippen molar-refractivity contribution in [2.24, 2.45) is 0 Å². The van der Waals surface area contributed by atoms with Gasteiger partial charge in [-0.15, -0.1) is 0 Å². The van der Waals surface area contributed by atoms with Crippen LogP contribution in [0.3, 0.4) is 0 Å². The number of benzene rings is 2. The van der Waals surface area contributed by atoms with E-state index < -0.39 is 0 Å². The fraction of sp³-hybridized carbons (Fsp3) is 0.238. The van der Waals surface area contributed by atoms with Crippen molar-refractivity contribution in [2.75, 3.05) is 6.54 Å². The minimum absolute atomic E-state index is 0.0204. The Labute approximate surface area is 152 Å². The first-order valence-electron chi connectivity index (χ1n) is 9.01. The van der Waals surface area contributed by atoms with Crippen molar-refractivity contribution in [3.8, 4) is 0 Å². The second-order valence-corrected chi connectivity index (χ2v) is 6.47. The Balaban J connectivity index is 1.38. The van der Waals surface area contributed by atoms with Crippen LogP contribution in [0.4, 0.5) is 0 Å². The molecule has 0 spiro atoms. The van der Waals surface area contributed by atoms with Crippen molar-refractivity contribution >= 4 is 27.7 Å². The second kappa shape index (κ2) is 7.04. The van der Waals surface area contributed by atoms with Crippen molar-refractivity contribution in [1.82, 2.24) is 20.1 Å². The van der Waals surface area contributed by atoms with Crippen molar-refractivity contribution in [3.05, 3.63) is 66.0 Å². The molecule has 26 heavy (non-hydrogen) atoms. The van der Waals surface area contributed by atoms with Crippen LogP contribution < -0.4 is 5.32 Å². The monoisotopic (exact) mass is 346 g/mol. The number of aromatic amines is 1. The van der Waals surface area contributed by atoms with Gasteiger partial charge in [-0.05, 0) is 30.0 Å². The van der Waals surface area contributed by atoms with E-state index in [0.29, 0.717) is 6.54 Å². The minimum Gasteiger partial charge on any atom is -0.361 e. The molecule has 2 aromatic heterocycles. The molecule has 0 radical (unpaired) electrons. The number of rotatable bonds is 6. The summed E-state index contributed by atoms with van der Waals surface area (Å²) >= 11 is 0. The van der Waals surface area contributed by atoms with E-state index in [1.807, 2.05) is 24.3 Å². The summed E-state index contributed by atoms with van der Waals surface area (Å²) in [5.74, 6) is -0.0204. The van der Waals surface area contributed by atoms with Gasteiger partial charge in [-0.2, -0.15) is 5.10 Å². The van der Waals surface area contributed by atoms with Crippen LogP contribution in [0.5, 0.6) is 0 Å². The summed E-state index contributed by atoms with van der Waals surface area (Å²) in [6.45, 7) is 3.01. The first kappa shape index (κ1) is 16.4. The number of carbonyl (C=O) groups excluding carboxylic acids is 1. The molecule has 0 aliphatic rings. The normalized spacial score (nSPS) is 11.3. The molecule has 0 fully saturated rings. The summed E-state index contributed by atoms with van der Waals surface area (Å²) in [7, 11) is 0. The van der Waals surface area contributed by atoms with Gasteiger partial charge in [0, 0.05) is 29.0 Å². The molecule has 0 saturated heterocycles. The highest BCUT2D eigenvalue weighted by Crippen LogP contribution is 2.22. The zero-order chi connectivity index (χ0) is 17.9. The number of carbonyl (C=O) groups is 1. The van der Waals surface area contributed by atoms with Crippen molar-refractivity contribution in [1.29, 1.82) is 0 Å². The molecule has 2 heterocycles. The van der Waals surface area contributed by atoms with E-state index >= 15 is 0 Å². The van der Waals surface area contributed by atoms with Gasteiger partial charge in [0.25, 0.3) is 0 Å². The number of aryl methyl sites for hydroxylation is 1. The lowest BCUT2D eigenvalue weighted by atomic mass is 10.1. The fourth-order valence-electron chi connectivity index (χ4n) is 3.46. The molecule has 0 bridgehead atoms. The highest BCUT2D eigenvalue weighted by Gasteiger charge is 2.09. The van der Waals surface area contributed by atoms with Gasteiger partial charge in [0.05, 0.1) is 11.7 Å². The smallest absolute Gasteiger partial charge is 0.241 e. The molecule has 4 aromatic rings. The molecule has 2 aromatic carbocycles. The number of H-pyrrole nitrogens is 1. The van der Waals surface area contributed by atoms with Gasteiger partial charge in [-0.25, -0.2) is 0 Å². The summed E-state index contributed by atoms with van der Waals surface area (Å²) in [5, 5.41) is 9.60. The zero-order valence-electron chi connectivity index (χ0n) is 14.8. The molecular weight excluding hydrogens is 324 g/mol. The van der Waals surface area contributed by atoms with E-state index in [4.69, 9.17) is 0 Å². The van der Waals surface area contributed by atoms with E-state index in [1.165, 1.54) is 22.0 Å². The number of hydrogen-bond acceptors (Lipinski definition) is 2. The van der Waals surface area contributed by atoms with E-state index in [2.05, 4.69) is 46.7 Å². The average molecular weight is 346 g/mol. The lowest BCUT2D eigenvalue weighted by Crippen LogP contribution is -2.29. The molecule has 0 unspecified atom stereocenters. The molecule has 4 rings (SSSR count). The Kier molecular flexibility index (Phi) is 4.44. The lowest BCUT2D eigenvalue weighted by molar-refractivity contribution is -0.121. The minimum atomic E-state index is -0.0204. The van der Waals surface area contributed by atoms with E-state index in [0.717, 1.165) is 23.7 Å². The highest BCUT2D eigenvalue weighted by atomic mass is 16.2. The predicted octanol–water partition coefficient (Wildman–Crippen LogP) is 3.44. The molecule has 5 nitrogen and oxygen atoms in total. The second-order valence-electron chi connectivity index (χ2n) is 6.47. The Hall–Kier alpha value is -3.08. The number of nitrogens with zero attached hydrogens (tertiary/aromatic N) is 2. The zero-order valence-corrected chi connectivity index (χ0v) is 14.8. The number of hydrogen-bond donors (Lipinski definition) is 2. The molecule has 2 N–H and O–H groups in total. The van der Waals surface area contributed by atoms with Gasteiger partial charge >= 0.3 is 0 Å². The van der Waals surface area contributed by atoms with Gasteiger partial charge in [0.1, 0.15) is 6.54 Å². The Morgan fingerprint density at radius 2 is 2.04 bits per heavy atom. The third kappa shape index (κ3) is 3.08. The Morgan fingerprint density at radius 1 is 1.15 bits per heavy atom. The third-order valence-electron chi connectivity index (χ3n) is 4.83. The summed E-state index contributed by atoms with van der Waals surface area (Å²) in [5.41, 5.74) is 4.74. The molecule has 0 aliphatic carbocycles. The standard InChI is InChI=1S/C21H22N4O/c1-2-15-7-5-8-18-16(12-23-21(15)18)10-11-22-20(26)14-25-19-9-4-3-6-17(19)13-24-25/h3-9,12-13,23H,2,10-11,14H2,1H3,(H,22,26). The van der Waals surface area contributed by atoms with Crippen LogP contribution >= 0.6 is 0 Å². The maximum absolute atomic E-state index is 12.3. The van der Waals surface area contributed by atoms with Gasteiger partial charge in [-0.1, -0.05) is 43.3 Å². The quantitative estimate of drug-likeness (QED) is 0.562.